The Kier molecular flexibility index (Phi) is 5.14. The first-order valence-electron chi connectivity index (χ1n) is 8.53. The largest absolute Gasteiger partial charge is 0.340 e. The third-order valence-electron chi connectivity index (χ3n) is 3.97. The minimum atomic E-state index is 0.502. The lowest BCUT2D eigenvalue weighted by molar-refractivity contribution is 0.867. The number of nitrogens with zero attached hydrogens (tertiary/aromatic N) is 3. The summed E-state index contributed by atoms with van der Waals surface area (Å²) in [6, 6.07) is 19.5. The molecule has 0 spiro atoms. The fourth-order valence-electron chi connectivity index (χ4n) is 2.54. The van der Waals surface area contributed by atoms with Gasteiger partial charge in [0.25, 0.3) is 0 Å². The molecule has 2 N–H and O–H groups in total. The molecule has 26 heavy (non-hydrogen) atoms. The van der Waals surface area contributed by atoms with Crippen molar-refractivity contribution in [3.63, 3.8) is 0 Å². The first kappa shape index (κ1) is 17.4. The quantitative estimate of drug-likeness (QED) is 0.660. The van der Waals surface area contributed by atoms with Crippen LogP contribution >= 0.6 is 0 Å². The van der Waals surface area contributed by atoms with Crippen molar-refractivity contribution >= 4 is 23.1 Å². The maximum atomic E-state index is 8.88. The van der Waals surface area contributed by atoms with Gasteiger partial charge in [0.1, 0.15) is 5.82 Å². The minimum Gasteiger partial charge on any atom is -0.340 e. The number of anilines is 4. The second-order valence-corrected chi connectivity index (χ2v) is 6.43. The summed E-state index contributed by atoms with van der Waals surface area (Å²) in [7, 11) is 0. The highest BCUT2D eigenvalue weighted by Crippen LogP contribution is 2.21. The van der Waals surface area contributed by atoms with Crippen molar-refractivity contribution in [1.82, 2.24) is 9.97 Å². The molecule has 0 saturated carbocycles. The van der Waals surface area contributed by atoms with Crippen LogP contribution in [0.4, 0.5) is 23.1 Å². The molecule has 1 aromatic heterocycles. The zero-order chi connectivity index (χ0) is 18.5. The van der Waals surface area contributed by atoms with E-state index in [1.165, 1.54) is 5.56 Å². The topological polar surface area (TPSA) is 73.6 Å². The van der Waals surface area contributed by atoms with E-state index in [2.05, 4.69) is 52.7 Å². The van der Waals surface area contributed by atoms with Crippen LogP contribution in [0.2, 0.25) is 0 Å². The van der Waals surface area contributed by atoms with E-state index in [-0.39, 0.29) is 0 Å². The lowest BCUT2D eigenvalue weighted by atomic mass is 10.0. The number of aryl methyl sites for hydroxylation is 1. The smallest absolute Gasteiger partial charge is 0.229 e. The second-order valence-electron chi connectivity index (χ2n) is 6.43. The van der Waals surface area contributed by atoms with Gasteiger partial charge in [0.15, 0.2) is 0 Å². The standard InChI is InChI=1S/C21H21N5/c1-14(2)17-6-10-19(11-7-17)25-21-23-15(3)12-20(26-21)24-18-8-4-16(13-22)5-9-18/h4-12,14H,1-3H3,(H2,23,24,25,26). The van der Waals surface area contributed by atoms with Crippen LogP contribution in [0.15, 0.2) is 54.6 Å². The molecule has 0 amide bonds. The molecule has 0 bridgehead atoms. The van der Waals surface area contributed by atoms with Crippen LogP contribution in [-0.4, -0.2) is 9.97 Å². The summed E-state index contributed by atoms with van der Waals surface area (Å²) in [6.45, 7) is 6.28. The Labute approximate surface area is 153 Å². The van der Waals surface area contributed by atoms with Gasteiger partial charge in [-0.05, 0) is 54.8 Å². The Morgan fingerprint density at radius 1 is 0.885 bits per heavy atom. The monoisotopic (exact) mass is 343 g/mol. The van der Waals surface area contributed by atoms with E-state index in [0.29, 0.717) is 23.2 Å². The summed E-state index contributed by atoms with van der Waals surface area (Å²) >= 11 is 0. The van der Waals surface area contributed by atoms with Crippen molar-refractivity contribution in [2.75, 3.05) is 10.6 Å². The summed E-state index contributed by atoms with van der Waals surface area (Å²) in [5.41, 5.74) is 4.60. The Hall–Kier alpha value is -3.39. The van der Waals surface area contributed by atoms with Crippen molar-refractivity contribution in [2.24, 2.45) is 0 Å². The summed E-state index contributed by atoms with van der Waals surface area (Å²) in [4.78, 5) is 8.98. The first-order valence-corrected chi connectivity index (χ1v) is 8.53. The molecule has 0 aliphatic rings. The van der Waals surface area contributed by atoms with Gasteiger partial charge in [-0.2, -0.15) is 10.2 Å². The maximum absolute atomic E-state index is 8.88. The number of aromatic nitrogens is 2. The highest BCUT2D eigenvalue weighted by atomic mass is 15.1. The molecule has 5 nitrogen and oxygen atoms in total. The van der Waals surface area contributed by atoms with Crippen LogP contribution in [0.5, 0.6) is 0 Å². The molecule has 2 aromatic carbocycles. The number of hydrogen-bond donors (Lipinski definition) is 2. The van der Waals surface area contributed by atoms with Crippen LogP contribution in [0.25, 0.3) is 0 Å². The van der Waals surface area contributed by atoms with Crippen LogP contribution in [0, 0.1) is 18.3 Å². The zero-order valence-corrected chi connectivity index (χ0v) is 15.1. The number of nitrogens with one attached hydrogen (secondary N) is 2. The van der Waals surface area contributed by atoms with Crippen LogP contribution < -0.4 is 10.6 Å². The fraction of sp³-hybridized carbons (Fsp3) is 0.190. The molecule has 130 valence electrons. The molecular weight excluding hydrogens is 322 g/mol. The van der Waals surface area contributed by atoms with E-state index in [0.717, 1.165) is 17.1 Å². The minimum absolute atomic E-state index is 0.502. The summed E-state index contributed by atoms with van der Waals surface area (Å²) in [6.07, 6.45) is 0. The Morgan fingerprint density at radius 2 is 1.50 bits per heavy atom. The Bertz CT molecular complexity index is 922. The second kappa shape index (κ2) is 7.66. The normalized spacial score (nSPS) is 10.4. The average Bonchev–Trinajstić information content (AvgIpc) is 2.62. The van der Waals surface area contributed by atoms with Gasteiger partial charge in [-0.3, -0.25) is 0 Å². The van der Waals surface area contributed by atoms with Crippen LogP contribution in [0.1, 0.15) is 36.6 Å². The summed E-state index contributed by atoms with van der Waals surface area (Å²) in [5, 5.41) is 15.4. The molecule has 3 aromatic rings. The van der Waals surface area contributed by atoms with Gasteiger partial charge in [-0.15, -0.1) is 0 Å². The van der Waals surface area contributed by atoms with Crippen molar-refractivity contribution < 1.29 is 0 Å². The lowest BCUT2D eigenvalue weighted by Gasteiger charge is -2.11. The van der Waals surface area contributed by atoms with Crippen molar-refractivity contribution in [3.8, 4) is 6.07 Å². The molecule has 0 aliphatic heterocycles. The van der Waals surface area contributed by atoms with Crippen molar-refractivity contribution in [1.29, 1.82) is 5.26 Å². The molecule has 3 rings (SSSR count). The van der Waals surface area contributed by atoms with Gasteiger partial charge in [0, 0.05) is 23.1 Å². The van der Waals surface area contributed by atoms with E-state index < -0.39 is 0 Å². The van der Waals surface area contributed by atoms with Gasteiger partial charge in [-0.1, -0.05) is 26.0 Å². The highest BCUT2D eigenvalue weighted by molar-refractivity contribution is 5.61. The number of hydrogen-bond acceptors (Lipinski definition) is 5. The molecule has 5 heteroatoms. The van der Waals surface area contributed by atoms with Crippen LogP contribution in [-0.2, 0) is 0 Å². The van der Waals surface area contributed by atoms with E-state index in [1.54, 1.807) is 12.1 Å². The van der Waals surface area contributed by atoms with E-state index in [4.69, 9.17) is 5.26 Å². The summed E-state index contributed by atoms with van der Waals surface area (Å²) in [5.74, 6) is 1.74. The van der Waals surface area contributed by atoms with Gasteiger partial charge in [0.05, 0.1) is 11.6 Å². The SMILES string of the molecule is Cc1cc(Nc2ccc(C#N)cc2)nc(Nc2ccc(C(C)C)cc2)n1. The summed E-state index contributed by atoms with van der Waals surface area (Å²) < 4.78 is 0. The number of nitriles is 1. The van der Waals surface area contributed by atoms with Gasteiger partial charge >= 0.3 is 0 Å². The lowest BCUT2D eigenvalue weighted by Crippen LogP contribution is -2.02. The molecule has 0 saturated heterocycles. The van der Waals surface area contributed by atoms with Gasteiger partial charge < -0.3 is 10.6 Å². The third-order valence-corrected chi connectivity index (χ3v) is 3.97. The predicted octanol–water partition coefficient (Wildman–Crippen LogP) is 5.27. The highest BCUT2D eigenvalue weighted by Gasteiger charge is 2.05. The molecule has 0 atom stereocenters. The Morgan fingerprint density at radius 3 is 2.12 bits per heavy atom. The van der Waals surface area contributed by atoms with Gasteiger partial charge in [0.2, 0.25) is 5.95 Å². The van der Waals surface area contributed by atoms with E-state index in [1.807, 2.05) is 37.3 Å². The zero-order valence-electron chi connectivity index (χ0n) is 15.1. The molecule has 0 fully saturated rings. The number of benzene rings is 2. The molecule has 0 aliphatic carbocycles. The number of rotatable bonds is 5. The van der Waals surface area contributed by atoms with E-state index in [9.17, 15) is 0 Å². The Balaban J connectivity index is 1.77. The maximum Gasteiger partial charge on any atom is 0.229 e. The van der Waals surface area contributed by atoms with E-state index >= 15 is 0 Å². The first-order chi connectivity index (χ1) is 12.5. The molecule has 1 heterocycles. The van der Waals surface area contributed by atoms with Gasteiger partial charge in [-0.25, -0.2) is 4.98 Å². The van der Waals surface area contributed by atoms with Crippen molar-refractivity contribution in [3.05, 3.63) is 71.4 Å². The predicted molar refractivity (Wildman–Crippen MR) is 105 cm³/mol. The fourth-order valence-corrected chi connectivity index (χ4v) is 2.54. The molecule has 0 unspecified atom stereocenters. The van der Waals surface area contributed by atoms with Crippen LogP contribution in [0.3, 0.4) is 0 Å². The molecular formula is C21H21N5. The average molecular weight is 343 g/mol. The van der Waals surface area contributed by atoms with Crippen molar-refractivity contribution in [2.45, 2.75) is 26.7 Å². The third kappa shape index (κ3) is 4.37. The molecule has 0 radical (unpaired) electrons.